The van der Waals surface area contributed by atoms with Crippen molar-refractivity contribution in [3.8, 4) is 5.75 Å². The van der Waals surface area contributed by atoms with Gasteiger partial charge in [0.05, 0.1) is 25.4 Å². The Kier molecular flexibility index (Phi) is 6.71. The Morgan fingerprint density at radius 2 is 1.86 bits per heavy atom. The molecule has 1 amide bonds. The van der Waals surface area contributed by atoms with Crippen LogP contribution in [0.25, 0.3) is 0 Å². The molecule has 3 rings (SSSR count). The van der Waals surface area contributed by atoms with Crippen LogP contribution in [0.2, 0.25) is 0 Å². The number of amides is 1. The van der Waals surface area contributed by atoms with Gasteiger partial charge in [-0.05, 0) is 25.5 Å². The van der Waals surface area contributed by atoms with Crippen molar-refractivity contribution in [1.29, 1.82) is 0 Å². The Labute approximate surface area is 169 Å². The van der Waals surface area contributed by atoms with Crippen LogP contribution in [0.4, 0.5) is 0 Å². The number of rotatable bonds is 8. The molecule has 0 aliphatic rings. The number of methoxy groups -OCH3 is 1. The van der Waals surface area contributed by atoms with E-state index in [1.54, 1.807) is 7.11 Å². The lowest BCUT2D eigenvalue weighted by Gasteiger charge is -2.17. The Balaban J connectivity index is 1.61. The maximum atomic E-state index is 12.4. The molecule has 0 aliphatic heterocycles. The number of benzene rings is 2. The summed E-state index contributed by atoms with van der Waals surface area (Å²) in [5.74, 6) is 1.80. The van der Waals surface area contributed by atoms with E-state index in [2.05, 4.69) is 27.6 Å². The largest absolute Gasteiger partial charge is 0.496 e. The second-order valence-electron chi connectivity index (χ2n) is 6.42. The number of nitrogens with zero attached hydrogens (tertiary/aromatic N) is 3. The molecule has 0 fully saturated rings. The zero-order valence-electron chi connectivity index (χ0n) is 16.3. The molecule has 0 saturated heterocycles. The highest BCUT2D eigenvalue weighted by Crippen LogP contribution is 2.25. The number of nitrogens with one attached hydrogen (secondary N) is 1. The van der Waals surface area contributed by atoms with E-state index in [9.17, 15) is 4.79 Å². The van der Waals surface area contributed by atoms with Crippen LogP contribution in [0, 0.1) is 6.92 Å². The second kappa shape index (κ2) is 9.41. The van der Waals surface area contributed by atoms with Gasteiger partial charge < -0.3 is 14.6 Å². The number of para-hydroxylation sites is 1. The summed E-state index contributed by atoms with van der Waals surface area (Å²) in [6.07, 6.45) is 0. The lowest BCUT2D eigenvalue weighted by Crippen LogP contribution is -2.28. The van der Waals surface area contributed by atoms with Crippen molar-refractivity contribution in [3.05, 3.63) is 71.5 Å². The smallest absolute Gasteiger partial charge is 0.230 e. The van der Waals surface area contributed by atoms with Crippen molar-refractivity contribution >= 4 is 17.7 Å². The minimum absolute atomic E-state index is 0.0599. The average molecular weight is 397 g/mol. The lowest BCUT2D eigenvalue weighted by atomic mass is 10.1. The first kappa shape index (κ1) is 19.9. The highest BCUT2D eigenvalue weighted by atomic mass is 32.2. The van der Waals surface area contributed by atoms with Crippen LogP contribution >= 0.6 is 11.8 Å². The van der Waals surface area contributed by atoms with Gasteiger partial charge in [-0.3, -0.25) is 4.79 Å². The van der Waals surface area contributed by atoms with Gasteiger partial charge in [-0.25, -0.2) is 0 Å². The number of aromatic nitrogens is 3. The summed E-state index contributed by atoms with van der Waals surface area (Å²) < 4.78 is 7.40. The van der Waals surface area contributed by atoms with Crippen molar-refractivity contribution in [2.75, 3.05) is 12.9 Å². The zero-order chi connectivity index (χ0) is 19.9. The van der Waals surface area contributed by atoms with Crippen molar-refractivity contribution < 1.29 is 9.53 Å². The molecule has 28 heavy (non-hydrogen) atoms. The number of hydrogen-bond donors (Lipinski definition) is 1. The third kappa shape index (κ3) is 4.92. The molecule has 1 unspecified atom stereocenters. The first-order valence-corrected chi connectivity index (χ1v) is 10.1. The van der Waals surface area contributed by atoms with Crippen LogP contribution in [-0.2, 0) is 11.3 Å². The van der Waals surface area contributed by atoms with E-state index in [-0.39, 0.29) is 17.7 Å². The molecule has 146 valence electrons. The fraction of sp³-hybridized carbons (Fsp3) is 0.286. The Morgan fingerprint density at radius 1 is 1.14 bits per heavy atom. The molecule has 0 bridgehead atoms. The molecule has 1 atom stereocenters. The maximum absolute atomic E-state index is 12.4. The van der Waals surface area contributed by atoms with Gasteiger partial charge in [0.25, 0.3) is 0 Å². The topological polar surface area (TPSA) is 69.0 Å². The molecule has 1 N–H and O–H groups in total. The highest BCUT2D eigenvalue weighted by Gasteiger charge is 2.16. The minimum atomic E-state index is -0.145. The number of hydrogen-bond acceptors (Lipinski definition) is 5. The fourth-order valence-corrected chi connectivity index (χ4v) is 3.73. The summed E-state index contributed by atoms with van der Waals surface area (Å²) >= 11 is 1.39. The third-order valence-electron chi connectivity index (χ3n) is 4.40. The monoisotopic (exact) mass is 396 g/mol. The van der Waals surface area contributed by atoms with Crippen molar-refractivity contribution in [2.45, 2.75) is 31.6 Å². The Bertz CT molecular complexity index is 927. The molecule has 0 spiro atoms. The standard InChI is InChI=1S/C21H24N4O2S/c1-15(18-11-7-8-12-19(18)27-3)22-20(26)14-28-21-24-23-16(2)25(21)13-17-9-5-4-6-10-17/h4-12,15H,13-14H2,1-3H3,(H,22,26). The summed E-state index contributed by atoms with van der Waals surface area (Å²) in [6, 6.07) is 17.7. The van der Waals surface area contributed by atoms with Crippen LogP contribution < -0.4 is 10.1 Å². The molecule has 2 aromatic carbocycles. The predicted molar refractivity (Wildman–Crippen MR) is 111 cm³/mol. The molecule has 7 heteroatoms. The summed E-state index contributed by atoms with van der Waals surface area (Å²) in [5.41, 5.74) is 2.12. The lowest BCUT2D eigenvalue weighted by molar-refractivity contribution is -0.119. The number of carbonyl (C=O) groups is 1. The van der Waals surface area contributed by atoms with Gasteiger partial charge in [0.1, 0.15) is 11.6 Å². The van der Waals surface area contributed by atoms with E-state index < -0.39 is 0 Å². The highest BCUT2D eigenvalue weighted by molar-refractivity contribution is 7.99. The van der Waals surface area contributed by atoms with Crippen LogP contribution in [0.15, 0.2) is 59.8 Å². The summed E-state index contributed by atoms with van der Waals surface area (Å²) in [7, 11) is 1.63. The molecule has 0 saturated carbocycles. The number of carbonyl (C=O) groups excluding carboxylic acids is 1. The first-order chi connectivity index (χ1) is 13.6. The third-order valence-corrected chi connectivity index (χ3v) is 5.37. The van der Waals surface area contributed by atoms with Gasteiger partial charge in [-0.2, -0.15) is 0 Å². The van der Waals surface area contributed by atoms with Crippen molar-refractivity contribution in [2.24, 2.45) is 0 Å². The van der Waals surface area contributed by atoms with Gasteiger partial charge >= 0.3 is 0 Å². The normalized spacial score (nSPS) is 11.8. The van der Waals surface area contributed by atoms with Gasteiger partial charge in [0.15, 0.2) is 5.16 Å². The fourth-order valence-electron chi connectivity index (χ4n) is 2.93. The van der Waals surface area contributed by atoms with E-state index in [1.807, 2.05) is 60.9 Å². The van der Waals surface area contributed by atoms with Gasteiger partial charge in [-0.15, -0.1) is 10.2 Å². The first-order valence-electron chi connectivity index (χ1n) is 9.07. The second-order valence-corrected chi connectivity index (χ2v) is 7.36. The maximum Gasteiger partial charge on any atom is 0.230 e. The van der Waals surface area contributed by atoms with Gasteiger partial charge in [0.2, 0.25) is 5.91 Å². The SMILES string of the molecule is COc1ccccc1C(C)NC(=O)CSc1nnc(C)n1Cc1ccccc1. The van der Waals surface area contributed by atoms with Crippen LogP contribution in [0.3, 0.4) is 0 Å². The molecule has 0 radical (unpaired) electrons. The van der Waals surface area contributed by atoms with Crippen LogP contribution in [0.1, 0.15) is 29.9 Å². The number of thioether (sulfide) groups is 1. The Hall–Kier alpha value is -2.80. The van der Waals surface area contributed by atoms with E-state index in [1.165, 1.54) is 17.3 Å². The predicted octanol–water partition coefficient (Wildman–Crippen LogP) is 3.61. The molecule has 6 nitrogen and oxygen atoms in total. The summed E-state index contributed by atoms with van der Waals surface area (Å²) in [5, 5.41) is 12.1. The van der Waals surface area contributed by atoms with Crippen molar-refractivity contribution in [1.82, 2.24) is 20.1 Å². The van der Waals surface area contributed by atoms with E-state index in [0.717, 1.165) is 22.3 Å². The van der Waals surface area contributed by atoms with Crippen molar-refractivity contribution in [3.63, 3.8) is 0 Å². The van der Waals surface area contributed by atoms with Crippen LogP contribution in [-0.4, -0.2) is 33.5 Å². The van der Waals surface area contributed by atoms with Gasteiger partial charge in [0, 0.05) is 5.56 Å². The molecule has 3 aromatic rings. The van der Waals surface area contributed by atoms with Crippen LogP contribution in [0.5, 0.6) is 5.75 Å². The number of aryl methyl sites for hydroxylation is 1. The van der Waals surface area contributed by atoms with Gasteiger partial charge in [-0.1, -0.05) is 60.3 Å². The Morgan fingerprint density at radius 3 is 2.61 bits per heavy atom. The molecule has 1 heterocycles. The summed E-state index contributed by atoms with van der Waals surface area (Å²) in [6.45, 7) is 4.55. The molecule has 0 aliphatic carbocycles. The zero-order valence-corrected chi connectivity index (χ0v) is 17.1. The molecular weight excluding hydrogens is 372 g/mol. The van der Waals surface area contributed by atoms with E-state index in [0.29, 0.717) is 6.54 Å². The van der Waals surface area contributed by atoms with E-state index >= 15 is 0 Å². The average Bonchev–Trinajstić information content (AvgIpc) is 3.06. The van der Waals surface area contributed by atoms with E-state index in [4.69, 9.17) is 4.74 Å². The molecular formula is C21H24N4O2S. The quantitative estimate of drug-likeness (QED) is 0.589. The molecule has 1 aromatic heterocycles. The summed E-state index contributed by atoms with van der Waals surface area (Å²) in [4.78, 5) is 12.4. The number of ether oxygens (including phenoxy) is 1. The minimum Gasteiger partial charge on any atom is -0.496 e.